The summed E-state index contributed by atoms with van der Waals surface area (Å²) in [6.07, 6.45) is 0. The molecule has 6 heteroatoms. The highest BCUT2D eigenvalue weighted by atomic mass is 35.5. The molecule has 27 heavy (non-hydrogen) atoms. The molecule has 0 saturated heterocycles. The monoisotopic (exact) mass is 402 g/mol. The highest BCUT2D eigenvalue weighted by Gasteiger charge is 2.16. The van der Waals surface area contributed by atoms with Gasteiger partial charge in [0.25, 0.3) is 0 Å². The van der Waals surface area contributed by atoms with Crippen molar-refractivity contribution in [3.8, 4) is 17.1 Å². The summed E-state index contributed by atoms with van der Waals surface area (Å²) in [7, 11) is 0. The van der Waals surface area contributed by atoms with Gasteiger partial charge in [0.2, 0.25) is 10.6 Å². The average molecular weight is 403 g/mol. The topological polar surface area (TPSA) is 43.6 Å². The van der Waals surface area contributed by atoms with Gasteiger partial charge in [-0.05, 0) is 47.4 Å². The van der Waals surface area contributed by atoms with Gasteiger partial charge in [0.05, 0.1) is 33.2 Å². The molecular formula is C21H12Cl2N4. The third-order valence-corrected chi connectivity index (χ3v) is 4.07. The molecule has 3 aromatic carbocycles. The lowest BCUT2D eigenvalue weighted by Gasteiger charge is -2.12. The molecular weight excluding hydrogens is 379 g/mol. The Bertz CT molecular complexity index is 1830. The summed E-state index contributed by atoms with van der Waals surface area (Å²) >= 11 is 11.9. The average Bonchev–Trinajstić information content (AvgIpc) is 3.24. The highest BCUT2D eigenvalue weighted by molar-refractivity contribution is 6.31. The maximum absolute atomic E-state index is 8.76. The van der Waals surface area contributed by atoms with Crippen molar-refractivity contribution >= 4 is 45.0 Å². The molecule has 0 radical (unpaired) electrons. The zero-order valence-electron chi connectivity index (χ0n) is 25.0. The largest absolute Gasteiger partial charge is 0.309 e. The fourth-order valence-corrected chi connectivity index (χ4v) is 3.08. The van der Waals surface area contributed by atoms with Crippen LogP contribution in [0, 0.1) is 0 Å². The number of fused-ring (bicyclic) bond motifs is 3. The van der Waals surface area contributed by atoms with Crippen molar-refractivity contribution < 1.29 is 16.4 Å². The molecule has 0 spiro atoms. The van der Waals surface area contributed by atoms with Crippen molar-refractivity contribution in [2.45, 2.75) is 0 Å². The molecule has 2 aromatic heterocycles. The number of nitrogens with zero attached hydrogens (tertiary/aromatic N) is 4. The lowest BCUT2D eigenvalue weighted by molar-refractivity contribution is 1.05. The molecule has 4 nitrogen and oxygen atoms in total. The van der Waals surface area contributed by atoms with Crippen LogP contribution in [0.5, 0.6) is 0 Å². The first-order valence-electron chi connectivity index (χ1n) is 13.4. The zero-order valence-corrected chi connectivity index (χ0v) is 14.6. The Kier molecular flexibility index (Phi) is 1.87. The van der Waals surface area contributed by atoms with Crippen molar-refractivity contribution in [3.63, 3.8) is 0 Å². The molecule has 130 valence electrons. The van der Waals surface area contributed by atoms with Gasteiger partial charge in [0, 0.05) is 16.3 Å². The standard InChI is InChI=1S/C21H12Cl2N4/c22-20-24-19(25-21(23)26-20)15-9-3-6-12-18(15)27-16-10-4-1-7-13(16)14-8-2-5-11-17(14)27/h1-12H/i1D,2D,3D,4D,5D,6D,7D,8D,9D,10D,11D,12D. The molecule has 0 amide bonds. The van der Waals surface area contributed by atoms with Crippen LogP contribution >= 0.6 is 23.2 Å². The van der Waals surface area contributed by atoms with Crippen LogP contribution in [0.15, 0.2) is 72.5 Å². The van der Waals surface area contributed by atoms with Gasteiger partial charge in [-0.1, -0.05) is 48.3 Å². The van der Waals surface area contributed by atoms with Crippen LogP contribution in [-0.2, 0) is 0 Å². The Labute approximate surface area is 181 Å². The van der Waals surface area contributed by atoms with Crippen molar-refractivity contribution in [1.29, 1.82) is 0 Å². The van der Waals surface area contributed by atoms with Gasteiger partial charge < -0.3 is 4.57 Å². The predicted molar refractivity (Wildman–Crippen MR) is 110 cm³/mol. The minimum atomic E-state index is -0.735. The Morgan fingerprint density at radius 1 is 0.667 bits per heavy atom. The number of aromatic nitrogens is 4. The van der Waals surface area contributed by atoms with Crippen molar-refractivity contribution in [2.24, 2.45) is 0 Å². The third kappa shape index (κ3) is 2.65. The number of hydrogen-bond acceptors (Lipinski definition) is 3. The van der Waals surface area contributed by atoms with Gasteiger partial charge >= 0.3 is 0 Å². The highest BCUT2D eigenvalue weighted by Crippen LogP contribution is 2.35. The molecule has 0 aliphatic rings. The summed E-state index contributed by atoms with van der Waals surface area (Å²) < 4.78 is 102. The molecule has 0 saturated carbocycles. The minimum Gasteiger partial charge on any atom is -0.309 e. The van der Waals surface area contributed by atoms with E-state index in [0.29, 0.717) is 0 Å². The quantitative estimate of drug-likeness (QED) is 0.366. The lowest BCUT2D eigenvalue weighted by Crippen LogP contribution is -2.00. The Morgan fingerprint density at radius 3 is 1.81 bits per heavy atom. The maximum atomic E-state index is 8.76. The summed E-state index contributed by atoms with van der Waals surface area (Å²) in [5, 5.41) is -1.36. The summed E-state index contributed by atoms with van der Waals surface area (Å²) in [6.45, 7) is 0. The molecule has 0 aliphatic heterocycles. The molecule has 0 unspecified atom stereocenters. The Morgan fingerprint density at radius 2 is 1.19 bits per heavy atom. The van der Waals surface area contributed by atoms with E-state index in [-0.39, 0.29) is 21.8 Å². The third-order valence-electron chi connectivity index (χ3n) is 3.73. The second kappa shape index (κ2) is 6.34. The van der Waals surface area contributed by atoms with E-state index in [0.717, 1.165) is 4.57 Å². The summed E-state index contributed by atoms with van der Waals surface area (Å²) in [4.78, 5) is 11.5. The predicted octanol–water partition coefficient (Wildman–Crippen LogP) is 5.94. The number of para-hydroxylation sites is 3. The fraction of sp³-hybridized carbons (Fsp3) is 0. The first kappa shape index (κ1) is 7.97. The van der Waals surface area contributed by atoms with Gasteiger partial charge in [-0.2, -0.15) is 15.0 Å². The maximum Gasteiger partial charge on any atom is 0.227 e. The molecule has 5 rings (SSSR count). The first-order chi connectivity index (χ1) is 18.2. The van der Waals surface area contributed by atoms with Crippen LogP contribution in [-0.4, -0.2) is 19.5 Å². The van der Waals surface area contributed by atoms with E-state index in [2.05, 4.69) is 15.0 Å². The van der Waals surface area contributed by atoms with E-state index in [1.54, 1.807) is 0 Å². The van der Waals surface area contributed by atoms with E-state index in [1.165, 1.54) is 0 Å². The van der Waals surface area contributed by atoms with E-state index in [9.17, 15) is 0 Å². The van der Waals surface area contributed by atoms with Crippen LogP contribution in [0.4, 0.5) is 0 Å². The number of hydrogen-bond donors (Lipinski definition) is 0. The van der Waals surface area contributed by atoms with Gasteiger partial charge in [0.1, 0.15) is 0 Å². The number of halogens is 2. The van der Waals surface area contributed by atoms with Crippen molar-refractivity contribution in [2.75, 3.05) is 0 Å². The second-order valence-electron chi connectivity index (χ2n) is 5.20. The van der Waals surface area contributed by atoms with Gasteiger partial charge in [-0.15, -0.1) is 0 Å². The SMILES string of the molecule is [2H]c1c([2H])c([2H])c(-n2c3c([2H])c([2H])c([2H])c([2H])c3c3c([2H])c([2H])c([2H])c([2H])c32)c(-c2nc(Cl)nc(Cl)n2)c1[2H]. The molecule has 0 atom stereocenters. The normalized spacial score (nSPS) is 17.6. The van der Waals surface area contributed by atoms with E-state index >= 15 is 0 Å². The van der Waals surface area contributed by atoms with Crippen LogP contribution in [0.25, 0.3) is 38.9 Å². The van der Waals surface area contributed by atoms with Gasteiger partial charge in [0.15, 0.2) is 5.82 Å². The van der Waals surface area contributed by atoms with E-state index < -0.39 is 100 Å². The zero-order chi connectivity index (χ0) is 28.8. The molecule has 0 aliphatic carbocycles. The van der Waals surface area contributed by atoms with Crippen molar-refractivity contribution in [3.05, 3.63) is 83.1 Å². The molecule has 0 bridgehead atoms. The first-order valence-corrected chi connectivity index (χ1v) is 8.15. The smallest absolute Gasteiger partial charge is 0.227 e. The Balaban J connectivity index is 2.20. The summed E-state index contributed by atoms with van der Waals surface area (Å²) in [5.41, 5.74) is -1.54. The van der Waals surface area contributed by atoms with E-state index in [4.69, 9.17) is 39.7 Å². The lowest BCUT2D eigenvalue weighted by atomic mass is 10.1. The van der Waals surface area contributed by atoms with Gasteiger partial charge in [-0.25, -0.2) is 0 Å². The summed E-state index contributed by atoms with van der Waals surface area (Å²) in [6, 6.07) is -8.03. The van der Waals surface area contributed by atoms with Crippen LogP contribution in [0.3, 0.4) is 0 Å². The molecule has 0 N–H and O–H groups in total. The van der Waals surface area contributed by atoms with E-state index in [1.807, 2.05) is 0 Å². The van der Waals surface area contributed by atoms with Crippen LogP contribution in [0.1, 0.15) is 16.4 Å². The molecule has 5 aromatic rings. The molecule has 0 fully saturated rings. The second-order valence-corrected chi connectivity index (χ2v) is 5.88. The number of benzene rings is 3. The van der Waals surface area contributed by atoms with Crippen molar-refractivity contribution in [1.82, 2.24) is 19.5 Å². The molecule has 2 heterocycles. The summed E-state index contributed by atoms with van der Waals surface area (Å²) in [5.74, 6) is -0.404. The minimum absolute atomic E-state index is 0.270. The van der Waals surface area contributed by atoms with Gasteiger partial charge in [-0.3, -0.25) is 0 Å². The van der Waals surface area contributed by atoms with Crippen LogP contribution < -0.4 is 0 Å². The Hall–Kier alpha value is -2.95. The fourth-order valence-electron chi connectivity index (χ4n) is 2.72. The van der Waals surface area contributed by atoms with Crippen LogP contribution in [0.2, 0.25) is 10.6 Å². The number of rotatable bonds is 2.